The topological polar surface area (TPSA) is 76.0 Å². The van der Waals surface area contributed by atoms with Crippen molar-refractivity contribution in [1.29, 1.82) is 0 Å². The van der Waals surface area contributed by atoms with E-state index < -0.39 is 5.97 Å². The predicted octanol–water partition coefficient (Wildman–Crippen LogP) is 3.79. The Bertz CT molecular complexity index is 872. The summed E-state index contributed by atoms with van der Waals surface area (Å²) in [4.78, 5) is 22.6. The number of hydrogen-bond acceptors (Lipinski definition) is 4. The summed E-state index contributed by atoms with van der Waals surface area (Å²) < 4.78 is 12.8. The van der Waals surface area contributed by atoms with E-state index in [-0.39, 0.29) is 31.6 Å². The number of aromatic carboxylic acids is 1. The zero-order valence-electron chi connectivity index (χ0n) is 14.4. The number of carboxylic acid groups (broad SMARTS) is 1. The molecule has 0 spiro atoms. The van der Waals surface area contributed by atoms with Gasteiger partial charge in [-0.25, -0.2) is 9.78 Å². The van der Waals surface area contributed by atoms with E-state index in [0.29, 0.717) is 0 Å². The van der Waals surface area contributed by atoms with Crippen LogP contribution < -0.4 is 0 Å². The Morgan fingerprint density at radius 2 is 1.73 bits per heavy atom. The zero-order chi connectivity index (χ0) is 18.4. The molecule has 0 fully saturated rings. The van der Waals surface area contributed by atoms with Gasteiger partial charge in [-0.3, -0.25) is 14.4 Å². The van der Waals surface area contributed by atoms with E-state index in [1.807, 2.05) is 20.8 Å². The maximum atomic E-state index is 12.8. The van der Waals surface area contributed by atoms with Crippen LogP contribution in [0.15, 0.2) is 42.6 Å². The summed E-state index contributed by atoms with van der Waals surface area (Å²) in [6.45, 7) is 5.73. The van der Waals surface area contributed by atoms with Crippen molar-refractivity contribution < 1.29 is 34.4 Å². The fraction of sp³-hybridized carbons (Fsp3) is 0.158. The third kappa shape index (κ3) is 5.79. The predicted molar refractivity (Wildman–Crippen MR) is 91.7 cm³/mol. The molecular formula is C19H17FIrN3O2-. The fourth-order valence-corrected chi connectivity index (χ4v) is 2.01. The molecule has 0 saturated heterocycles. The monoisotopic (exact) mass is 531 g/mol. The molecule has 0 aliphatic carbocycles. The van der Waals surface area contributed by atoms with Crippen molar-refractivity contribution in [2.24, 2.45) is 0 Å². The average molecular weight is 531 g/mol. The van der Waals surface area contributed by atoms with Crippen LogP contribution in [-0.2, 0) is 20.1 Å². The maximum absolute atomic E-state index is 12.8. The number of rotatable bonds is 2. The zero-order valence-corrected chi connectivity index (χ0v) is 16.8. The number of carbonyl (C=O) groups is 1. The van der Waals surface area contributed by atoms with Gasteiger partial charge < -0.3 is 5.11 Å². The van der Waals surface area contributed by atoms with Crippen LogP contribution in [0.5, 0.6) is 0 Å². The standard InChI is InChI=1S/C13H12FN2.C6H5NO2.Ir/c1-8-9(2)16-13(10(3)15-8)11-4-6-12(14)7-5-11;8-6(9)5-3-1-2-4-7-5;/h4,6-7H,1-3H3;1-4H,(H,8,9);/q-1;;. The smallest absolute Gasteiger partial charge is 0.354 e. The van der Waals surface area contributed by atoms with Crippen LogP contribution in [-0.4, -0.2) is 26.0 Å². The number of aryl methyl sites for hydroxylation is 3. The van der Waals surface area contributed by atoms with Gasteiger partial charge in [-0.1, -0.05) is 6.07 Å². The third-order valence-electron chi connectivity index (χ3n) is 3.40. The SMILES string of the molecule is Cc1nc(C)c(-c2[c-]cc(F)cc2)nc1C.O=C(O)c1ccccn1.[Ir]. The number of nitrogens with zero attached hydrogens (tertiary/aromatic N) is 3. The molecule has 7 heteroatoms. The molecule has 1 radical (unpaired) electrons. The molecule has 0 aliphatic rings. The largest absolute Gasteiger partial charge is 0.477 e. The van der Waals surface area contributed by atoms with E-state index in [9.17, 15) is 9.18 Å². The van der Waals surface area contributed by atoms with Gasteiger partial charge in [0.25, 0.3) is 0 Å². The maximum Gasteiger partial charge on any atom is 0.354 e. The number of benzene rings is 1. The Balaban J connectivity index is 0.000000290. The Morgan fingerprint density at radius 3 is 2.23 bits per heavy atom. The molecule has 0 aliphatic heterocycles. The summed E-state index contributed by atoms with van der Waals surface area (Å²) in [5.41, 5.74) is 4.27. The Morgan fingerprint density at radius 1 is 1.04 bits per heavy atom. The second-order valence-corrected chi connectivity index (χ2v) is 5.27. The molecule has 0 saturated carbocycles. The first-order valence-electron chi connectivity index (χ1n) is 7.52. The Kier molecular flexibility index (Phi) is 8.16. The van der Waals surface area contributed by atoms with Gasteiger partial charge in [0, 0.05) is 49.2 Å². The first-order chi connectivity index (χ1) is 11.9. The van der Waals surface area contributed by atoms with Crippen molar-refractivity contribution in [3.05, 3.63) is 77.3 Å². The van der Waals surface area contributed by atoms with Crippen LogP contribution in [0.25, 0.3) is 11.3 Å². The van der Waals surface area contributed by atoms with Crippen molar-refractivity contribution in [2.75, 3.05) is 0 Å². The number of halogens is 1. The number of hydrogen-bond donors (Lipinski definition) is 1. The molecule has 1 N–H and O–H groups in total. The molecule has 5 nitrogen and oxygen atoms in total. The van der Waals surface area contributed by atoms with Gasteiger partial charge in [-0.2, -0.15) is 0 Å². The van der Waals surface area contributed by atoms with E-state index >= 15 is 0 Å². The summed E-state index contributed by atoms with van der Waals surface area (Å²) in [5, 5.41) is 8.32. The molecule has 2 aromatic heterocycles. The first kappa shape index (κ1) is 21.5. The summed E-state index contributed by atoms with van der Waals surface area (Å²) >= 11 is 0. The normalized spacial score (nSPS) is 9.54. The van der Waals surface area contributed by atoms with E-state index in [1.165, 1.54) is 24.4 Å². The molecule has 0 unspecified atom stereocenters. The fourth-order valence-electron chi connectivity index (χ4n) is 2.01. The molecule has 26 heavy (non-hydrogen) atoms. The van der Waals surface area contributed by atoms with Gasteiger partial charge in [0.15, 0.2) is 0 Å². The molecule has 0 bridgehead atoms. The second-order valence-electron chi connectivity index (χ2n) is 5.27. The summed E-state index contributed by atoms with van der Waals surface area (Å²) in [7, 11) is 0. The molecular weight excluding hydrogens is 513 g/mol. The summed E-state index contributed by atoms with van der Waals surface area (Å²) in [6.07, 6.45) is 1.45. The molecule has 3 rings (SSSR count). The Labute approximate surface area is 164 Å². The van der Waals surface area contributed by atoms with Crippen LogP contribution in [0.2, 0.25) is 0 Å². The van der Waals surface area contributed by atoms with Crippen LogP contribution in [0, 0.1) is 32.7 Å². The molecule has 0 atom stereocenters. The van der Waals surface area contributed by atoms with Gasteiger partial charge in [-0.05, 0) is 32.9 Å². The van der Waals surface area contributed by atoms with E-state index in [0.717, 1.165) is 28.3 Å². The van der Waals surface area contributed by atoms with E-state index in [4.69, 9.17) is 5.11 Å². The van der Waals surface area contributed by atoms with E-state index in [1.54, 1.807) is 18.2 Å². The molecule has 3 aromatic rings. The summed E-state index contributed by atoms with van der Waals surface area (Å²) in [6, 6.07) is 12.0. The minimum Gasteiger partial charge on any atom is -0.477 e. The number of carboxylic acids is 1. The van der Waals surface area contributed by atoms with Crippen LogP contribution in [0.1, 0.15) is 27.6 Å². The van der Waals surface area contributed by atoms with E-state index in [2.05, 4.69) is 21.0 Å². The molecule has 2 heterocycles. The van der Waals surface area contributed by atoms with Crippen LogP contribution >= 0.6 is 0 Å². The second kappa shape index (κ2) is 9.85. The van der Waals surface area contributed by atoms with Crippen molar-refractivity contribution in [3.8, 4) is 11.3 Å². The minimum absolute atomic E-state index is 0. The van der Waals surface area contributed by atoms with Gasteiger partial charge in [0.1, 0.15) is 5.69 Å². The van der Waals surface area contributed by atoms with Gasteiger partial charge >= 0.3 is 5.97 Å². The van der Waals surface area contributed by atoms with Gasteiger partial charge in [0.05, 0.1) is 5.69 Å². The van der Waals surface area contributed by atoms with Crippen LogP contribution in [0.3, 0.4) is 0 Å². The minimum atomic E-state index is -0.990. The van der Waals surface area contributed by atoms with Crippen molar-refractivity contribution in [2.45, 2.75) is 20.8 Å². The van der Waals surface area contributed by atoms with Crippen molar-refractivity contribution >= 4 is 5.97 Å². The quantitative estimate of drug-likeness (QED) is 0.511. The molecule has 1 aromatic carbocycles. The third-order valence-corrected chi connectivity index (χ3v) is 3.40. The van der Waals surface area contributed by atoms with Gasteiger partial charge in [-0.15, -0.1) is 29.8 Å². The van der Waals surface area contributed by atoms with Crippen molar-refractivity contribution in [1.82, 2.24) is 15.0 Å². The Hall–Kier alpha value is -2.50. The van der Waals surface area contributed by atoms with Gasteiger partial charge in [0.2, 0.25) is 0 Å². The summed E-state index contributed by atoms with van der Waals surface area (Å²) in [5.74, 6) is -1.28. The van der Waals surface area contributed by atoms with Crippen LogP contribution in [0.4, 0.5) is 4.39 Å². The number of pyridine rings is 1. The molecule has 0 amide bonds. The molecule has 137 valence electrons. The number of aromatic nitrogens is 3. The first-order valence-corrected chi connectivity index (χ1v) is 7.52. The average Bonchev–Trinajstić information content (AvgIpc) is 2.60. The van der Waals surface area contributed by atoms with Crippen molar-refractivity contribution in [3.63, 3.8) is 0 Å².